The minimum atomic E-state index is -0.265. The molecular formula is C19H30IN5O2. The highest BCUT2D eigenvalue weighted by atomic mass is 127. The van der Waals surface area contributed by atoms with E-state index in [1.165, 1.54) is 0 Å². The van der Waals surface area contributed by atoms with E-state index in [2.05, 4.69) is 20.5 Å². The predicted molar refractivity (Wildman–Crippen MR) is 118 cm³/mol. The van der Waals surface area contributed by atoms with Gasteiger partial charge in [-0.05, 0) is 31.2 Å². The van der Waals surface area contributed by atoms with Gasteiger partial charge in [0.15, 0.2) is 5.96 Å². The number of primary amides is 1. The molecule has 1 heterocycles. The summed E-state index contributed by atoms with van der Waals surface area (Å²) in [6.45, 7) is 4.90. The van der Waals surface area contributed by atoms with Crippen LogP contribution in [0.15, 0.2) is 35.3 Å². The molecule has 0 aromatic heterocycles. The van der Waals surface area contributed by atoms with Gasteiger partial charge in [0.1, 0.15) is 6.54 Å². The molecule has 1 aliphatic rings. The molecule has 0 aliphatic carbocycles. The number of nitrogens with one attached hydrogen (secondary N) is 2. The smallest absolute Gasteiger partial charge is 0.242 e. The van der Waals surface area contributed by atoms with Crippen LogP contribution in [0, 0.1) is 5.92 Å². The molecule has 0 radical (unpaired) electrons. The summed E-state index contributed by atoms with van der Waals surface area (Å²) in [7, 11) is 0. The highest BCUT2D eigenvalue weighted by Crippen LogP contribution is 2.19. The molecule has 1 fully saturated rings. The van der Waals surface area contributed by atoms with E-state index in [0.29, 0.717) is 13.0 Å². The molecule has 1 aliphatic heterocycles. The first-order valence-corrected chi connectivity index (χ1v) is 9.20. The molecule has 0 saturated carbocycles. The van der Waals surface area contributed by atoms with Crippen LogP contribution >= 0.6 is 24.0 Å². The second kappa shape index (κ2) is 12.5. The fourth-order valence-corrected chi connectivity index (χ4v) is 3.13. The van der Waals surface area contributed by atoms with Gasteiger partial charge in [0.25, 0.3) is 0 Å². The SMILES string of the molecule is CCNC(=NCC(=O)NCc1ccccc1)N1CCCC(CC(N)=O)C1.I. The number of hydrogen-bond acceptors (Lipinski definition) is 3. The maximum atomic E-state index is 12.1. The lowest BCUT2D eigenvalue weighted by Crippen LogP contribution is -2.47. The fraction of sp³-hybridized carbons (Fsp3) is 0.526. The average molecular weight is 487 g/mol. The molecule has 7 nitrogen and oxygen atoms in total. The van der Waals surface area contributed by atoms with Gasteiger partial charge >= 0.3 is 0 Å². The van der Waals surface area contributed by atoms with Gasteiger partial charge in [-0.15, -0.1) is 24.0 Å². The average Bonchev–Trinajstić information content (AvgIpc) is 2.64. The Labute approximate surface area is 178 Å². The van der Waals surface area contributed by atoms with Crippen molar-refractivity contribution in [3.05, 3.63) is 35.9 Å². The predicted octanol–water partition coefficient (Wildman–Crippen LogP) is 1.47. The summed E-state index contributed by atoms with van der Waals surface area (Å²) in [5.74, 6) is 0.586. The van der Waals surface area contributed by atoms with Gasteiger partial charge in [0.05, 0.1) is 0 Å². The zero-order valence-electron chi connectivity index (χ0n) is 15.8. The van der Waals surface area contributed by atoms with E-state index < -0.39 is 0 Å². The highest BCUT2D eigenvalue weighted by molar-refractivity contribution is 14.0. The number of piperidine rings is 1. The number of guanidine groups is 1. The lowest BCUT2D eigenvalue weighted by molar-refractivity contribution is -0.120. The van der Waals surface area contributed by atoms with Crippen molar-refractivity contribution in [1.29, 1.82) is 0 Å². The lowest BCUT2D eigenvalue weighted by Gasteiger charge is -2.34. The third-order valence-electron chi connectivity index (χ3n) is 4.35. The lowest BCUT2D eigenvalue weighted by atomic mass is 9.95. The topological polar surface area (TPSA) is 99.8 Å². The van der Waals surface area contributed by atoms with Crippen molar-refractivity contribution in [2.45, 2.75) is 32.7 Å². The Bertz CT molecular complexity index is 624. The summed E-state index contributed by atoms with van der Waals surface area (Å²) in [4.78, 5) is 29.9. The molecule has 1 unspecified atom stereocenters. The molecule has 2 amide bonds. The van der Waals surface area contributed by atoms with Gasteiger partial charge in [0, 0.05) is 32.6 Å². The third kappa shape index (κ3) is 8.59. The number of carbonyl (C=O) groups is 2. The standard InChI is InChI=1S/C19H29N5O2.HI/c1-2-21-19(24-10-6-9-16(14-24)11-17(20)25)23-13-18(26)22-12-15-7-4-3-5-8-15;/h3-5,7-8,16H,2,6,9-14H2,1H3,(H2,20,25)(H,21,23)(H,22,26);1H. The Kier molecular flexibility index (Phi) is 10.8. The zero-order chi connectivity index (χ0) is 18.8. The van der Waals surface area contributed by atoms with Crippen LogP contribution in [-0.2, 0) is 16.1 Å². The minimum Gasteiger partial charge on any atom is -0.370 e. The maximum Gasteiger partial charge on any atom is 0.242 e. The third-order valence-corrected chi connectivity index (χ3v) is 4.35. The molecule has 8 heteroatoms. The number of aliphatic imine (C=N–C) groups is 1. The summed E-state index contributed by atoms with van der Waals surface area (Å²) >= 11 is 0. The second-order valence-electron chi connectivity index (χ2n) is 6.56. The normalized spacial score (nSPS) is 17.0. The van der Waals surface area contributed by atoms with E-state index in [1.54, 1.807) is 0 Å². The first-order chi connectivity index (χ1) is 12.6. The molecule has 27 heavy (non-hydrogen) atoms. The number of amides is 2. The number of carbonyl (C=O) groups excluding carboxylic acids is 2. The van der Waals surface area contributed by atoms with Crippen LogP contribution in [0.1, 0.15) is 31.7 Å². The van der Waals surface area contributed by atoms with Crippen molar-refractivity contribution < 1.29 is 9.59 Å². The van der Waals surface area contributed by atoms with Crippen LogP contribution in [0.3, 0.4) is 0 Å². The molecule has 0 spiro atoms. The van der Waals surface area contributed by atoms with E-state index in [9.17, 15) is 9.59 Å². The van der Waals surface area contributed by atoms with E-state index in [4.69, 9.17) is 5.73 Å². The molecule has 1 aromatic carbocycles. The Morgan fingerprint density at radius 3 is 2.67 bits per heavy atom. The summed E-state index contributed by atoms with van der Waals surface area (Å²) in [5, 5.41) is 6.12. The maximum absolute atomic E-state index is 12.1. The molecule has 0 bridgehead atoms. The molecule has 4 N–H and O–H groups in total. The van der Waals surface area contributed by atoms with Crippen LogP contribution in [0.25, 0.3) is 0 Å². The Balaban J connectivity index is 0.00000364. The first kappa shape index (κ1) is 23.2. The zero-order valence-corrected chi connectivity index (χ0v) is 18.1. The van der Waals surface area contributed by atoms with E-state index in [-0.39, 0.29) is 48.3 Å². The van der Waals surface area contributed by atoms with Crippen LogP contribution in [-0.4, -0.2) is 48.9 Å². The summed E-state index contributed by atoms with van der Waals surface area (Å²) in [6, 6.07) is 9.78. The van der Waals surface area contributed by atoms with Gasteiger partial charge in [0.2, 0.25) is 11.8 Å². The van der Waals surface area contributed by atoms with Crippen molar-refractivity contribution in [3.63, 3.8) is 0 Å². The number of benzene rings is 1. The number of likely N-dealkylation sites (tertiary alicyclic amines) is 1. The minimum absolute atomic E-state index is 0. The number of nitrogens with two attached hydrogens (primary N) is 1. The fourth-order valence-electron chi connectivity index (χ4n) is 3.13. The monoisotopic (exact) mass is 487 g/mol. The quantitative estimate of drug-likeness (QED) is 0.308. The van der Waals surface area contributed by atoms with E-state index in [0.717, 1.165) is 44.0 Å². The summed E-state index contributed by atoms with van der Waals surface area (Å²) in [6.07, 6.45) is 2.38. The van der Waals surface area contributed by atoms with Gasteiger partial charge in [-0.2, -0.15) is 0 Å². The molecule has 150 valence electrons. The first-order valence-electron chi connectivity index (χ1n) is 9.20. The summed E-state index contributed by atoms with van der Waals surface area (Å²) in [5.41, 5.74) is 6.38. The van der Waals surface area contributed by atoms with Crippen molar-refractivity contribution in [3.8, 4) is 0 Å². The largest absolute Gasteiger partial charge is 0.370 e. The van der Waals surface area contributed by atoms with Crippen LogP contribution < -0.4 is 16.4 Å². The van der Waals surface area contributed by atoms with E-state index in [1.807, 2.05) is 37.3 Å². The Morgan fingerprint density at radius 1 is 1.26 bits per heavy atom. The molecule has 1 atom stereocenters. The van der Waals surface area contributed by atoms with Gasteiger partial charge in [-0.3, -0.25) is 9.59 Å². The van der Waals surface area contributed by atoms with Crippen molar-refractivity contribution in [2.24, 2.45) is 16.6 Å². The second-order valence-corrected chi connectivity index (χ2v) is 6.56. The molecule has 1 saturated heterocycles. The Hall–Kier alpha value is -1.84. The van der Waals surface area contributed by atoms with E-state index >= 15 is 0 Å². The number of nitrogens with zero attached hydrogens (tertiary/aromatic N) is 2. The number of halogens is 1. The number of hydrogen-bond donors (Lipinski definition) is 3. The van der Waals surface area contributed by atoms with Crippen LogP contribution in [0.4, 0.5) is 0 Å². The van der Waals surface area contributed by atoms with Crippen molar-refractivity contribution in [1.82, 2.24) is 15.5 Å². The molecular weight excluding hydrogens is 457 g/mol. The van der Waals surface area contributed by atoms with Crippen molar-refractivity contribution >= 4 is 41.8 Å². The Morgan fingerprint density at radius 2 is 2.00 bits per heavy atom. The van der Waals surface area contributed by atoms with Gasteiger partial charge < -0.3 is 21.3 Å². The van der Waals surface area contributed by atoms with Gasteiger partial charge in [-0.25, -0.2) is 4.99 Å². The summed E-state index contributed by atoms with van der Waals surface area (Å²) < 4.78 is 0. The van der Waals surface area contributed by atoms with Gasteiger partial charge in [-0.1, -0.05) is 30.3 Å². The van der Waals surface area contributed by atoms with Crippen LogP contribution in [0.2, 0.25) is 0 Å². The van der Waals surface area contributed by atoms with Crippen LogP contribution in [0.5, 0.6) is 0 Å². The van der Waals surface area contributed by atoms with Crippen molar-refractivity contribution in [2.75, 3.05) is 26.2 Å². The molecule has 1 aromatic rings. The number of rotatable bonds is 7. The highest BCUT2D eigenvalue weighted by Gasteiger charge is 2.23. The molecule has 2 rings (SSSR count).